The maximum atomic E-state index is 9.86. The molecule has 0 fully saturated rings. The second-order valence-electron chi connectivity index (χ2n) is 4.04. The van der Waals surface area contributed by atoms with Gasteiger partial charge in [0.05, 0.1) is 0 Å². The fourth-order valence-corrected chi connectivity index (χ4v) is 1.77. The fraction of sp³-hybridized carbons (Fsp3) is 0.364. The molecule has 1 aromatic rings. The number of amidine groups is 1. The number of anilines is 1. The summed E-state index contributed by atoms with van der Waals surface area (Å²) in [6.07, 6.45) is -1.01. The second kappa shape index (κ2) is 3.77. The number of rotatable bonds is 1. The monoisotopic (exact) mass is 221 g/mol. The van der Waals surface area contributed by atoms with E-state index < -0.39 is 11.8 Å². The van der Waals surface area contributed by atoms with Gasteiger partial charge in [-0.05, 0) is 24.6 Å². The average Bonchev–Trinajstić information content (AvgIpc) is 2.24. The third-order valence-corrected chi connectivity index (χ3v) is 2.72. The second-order valence-corrected chi connectivity index (χ2v) is 4.04. The van der Waals surface area contributed by atoms with Gasteiger partial charge in [-0.3, -0.25) is 4.99 Å². The quantitative estimate of drug-likeness (QED) is 0.590. The van der Waals surface area contributed by atoms with Crippen LogP contribution in [0.5, 0.6) is 0 Å². The molecule has 0 radical (unpaired) electrons. The Hall–Kier alpha value is -1.59. The molecule has 0 aliphatic carbocycles. The van der Waals surface area contributed by atoms with E-state index in [2.05, 4.69) is 4.99 Å². The Morgan fingerprint density at radius 2 is 2.25 bits per heavy atom. The number of aliphatic hydroxyl groups is 1. The number of hydrogen-bond acceptors (Lipinski definition) is 5. The Balaban J connectivity index is 2.47. The summed E-state index contributed by atoms with van der Waals surface area (Å²) in [5.74, 6) is 0.371. The van der Waals surface area contributed by atoms with Crippen molar-refractivity contribution in [3.63, 3.8) is 0 Å². The molecular formula is C11H15N3O2. The zero-order valence-electron chi connectivity index (χ0n) is 9.05. The van der Waals surface area contributed by atoms with Crippen LogP contribution in [0.2, 0.25) is 0 Å². The first-order chi connectivity index (χ1) is 7.52. The Morgan fingerprint density at radius 3 is 2.94 bits per heavy atom. The standard InChI is InChI=1S/C11H15N3O2/c1-11(7-3-2-4-8(12)5-7)10(15)16-6-9(13)14-11/h2-5,10,15H,6,12H2,1H3,(H2,13,14). The minimum atomic E-state index is -1.01. The van der Waals surface area contributed by atoms with E-state index in [9.17, 15) is 5.11 Å². The van der Waals surface area contributed by atoms with Crippen LogP contribution in [0.25, 0.3) is 0 Å². The van der Waals surface area contributed by atoms with Crippen LogP contribution in [-0.4, -0.2) is 23.8 Å². The molecule has 5 nitrogen and oxygen atoms in total. The lowest BCUT2D eigenvalue weighted by Gasteiger charge is -2.34. The van der Waals surface area contributed by atoms with Crippen molar-refractivity contribution in [1.82, 2.24) is 0 Å². The van der Waals surface area contributed by atoms with Crippen LogP contribution in [0.15, 0.2) is 29.3 Å². The van der Waals surface area contributed by atoms with Crippen LogP contribution in [0.4, 0.5) is 5.69 Å². The van der Waals surface area contributed by atoms with Gasteiger partial charge in [0.15, 0.2) is 6.29 Å². The molecule has 0 saturated carbocycles. The van der Waals surface area contributed by atoms with Crippen molar-refractivity contribution in [3.05, 3.63) is 29.8 Å². The van der Waals surface area contributed by atoms with E-state index >= 15 is 0 Å². The summed E-state index contributed by atoms with van der Waals surface area (Å²) in [7, 11) is 0. The van der Waals surface area contributed by atoms with E-state index in [1.807, 2.05) is 12.1 Å². The van der Waals surface area contributed by atoms with E-state index in [0.29, 0.717) is 11.5 Å². The SMILES string of the molecule is CC1(c2cccc(N)c2)N=C(N)COC1O. The van der Waals surface area contributed by atoms with Gasteiger partial charge < -0.3 is 21.3 Å². The molecule has 5 heteroatoms. The van der Waals surface area contributed by atoms with Crippen LogP contribution in [0.3, 0.4) is 0 Å². The molecule has 1 aliphatic heterocycles. The topological polar surface area (TPSA) is 93.9 Å². The van der Waals surface area contributed by atoms with E-state index in [0.717, 1.165) is 5.56 Å². The Kier molecular flexibility index (Phi) is 2.57. The van der Waals surface area contributed by atoms with Gasteiger partial charge in [0.25, 0.3) is 0 Å². The molecule has 0 bridgehead atoms. The molecule has 2 unspecified atom stereocenters. The predicted molar refractivity (Wildman–Crippen MR) is 61.8 cm³/mol. The summed E-state index contributed by atoms with van der Waals surface area (Å²) in [5, 5.41) is 9.86. The van der Waals surface area contributed by atoms with Crippen molar-refractivity contribution in [3.8, 4) is 0 Å². The summed E-state index contributed by atoms with van der Waals surface area (Å²) in [6, 6.07) is 7.18. The van der Waals surface area contributed by atoms with Crippen LogP contribution >= 0.6 is 0 Å². The van der Waals surface area contributed by atoms with E-state index in [-0.39, 0.29) is 6.61 Å². The van der Waals surface area contributed by atoms with Gasteiger partial charge in [0.1, 0.15) is 18.0 Å². The summed E-state index contributed by atoms with van der Waals surface area (Å²) >= 11 is 0. The molecule has 16 heavy (non-hydrogen) atoms. The van der Waals surface area contributed by atoms with Gasteiger partial charge in [-0.25, -0.2) is 0 Å². The number of ether oxygens (including phenoxy) is 1. The van der Waals surface area contributed by atoms with Gasteiger partial charge in [-0.2, -0.15) is 0 Å². The van der Waals surface area contributed by atoms with Gasteiger partial charge >= 0.3 is 0 Å². The number of nitrogens with two attached hydrogens (primary N) is 2. The molecule has 2 rings (SSSR count). The first-order valence-electron chi connectivity index (χ1n) is 5.02. The molecule has 5 N–H and O–H groups in total. The maximum absolute atomic E-state index is 9.86. The van der Waals surface area contributed by atoms with Crippen LogP contribution in [-0.2, 0) is 10.3 Å². The predicted octanol–water partition coefficient (Wildman–Crippen LogP) is 0.190. The van der Waals surface area contributed by atoms with Crippen molar-refractivity contribution >= 4 is 11.5 Å². The first kappa shape index (κ1) is 10.9. The zero-order valence-corrected chi connectivity index (χ0v) is 9.05. The molecule has 1 heterocycles. The highest BCUT2D eigenvalue weighted by Gasteiger charge is 2.38. The highest BCUT2D eigenvalue weighted by atomic mass is 16.6. The van der Waals surface area contributed by atoms with Gasteiger partial charge in [0, 0.05) is 5.69 Å². The Labute approximate surface area is 93.7 Å². The van der Waals surface area contributed by atoms with E-state index in [1.54, 1.807) is 19.1 Å². The van der Waals surface area contributed by atoms with Crippen molar-refractivity contribution in [2.24, 2.45) is 10.7 Å². The summed E-state index contributed by atoms with van der Waals surface area (Å²) in [4.78, 5) is 4.27. The third-order valence-electron chi connectivity index (χ3n) is 2.72. The van der Waals surface area contributed by atoms with E-state index in [4.69, 9.17) is 16.2 Å². The van der Waals surface area contributed by atoms with Gasteiger partial charge in [-0.15, -0.1) is 0 Å². The maximum Gasteiger partial charge on any atom is 0.184 e. The van der Waals surface area contributed by atoms with Crippen molar-refractivity contribution < 1.29 is 9.84 Å². The highest BCUT2D eigenvalue weighted by molar-refractivity contribution is 5.82. The minimum absolute atomic E-state index is 0.152. The minimum Gasteiger partial charge on any atom is -0.399 e. The number of aliphatic imine (C=N–C) groups is 1. The Bertz CT molecular complexity index is 433. The molecule has 2 atom stereocenters. The van der Waals surface area contributed by atoms with Crippen LogP contribution in [0, 0.1) is 0 Å². The molecule has 0 spiro atoms. The van der Waals surface area contributed by atoms with Gasteiger partial charge in [0.2, 0.25) is 0 Å². The van der Waals surface area contributed by atoms with Gasteiger partial charge in [-0.1, -0.05) is 12.1 Å². The average molecular weight is 221 g/mol. The fourth-order valence-electron chi connectivity index (χ4n) is 1.77. The highest BCUT2D eigenvalue weighted by Crippen LogP contribution is 2.33. The summed E-state index contributed by atoms with van der Waals surface area (Å²) in [5.41, 5.74) is 11.8. The Morgan fingerprint density at radius 1 is 1.50 bits per heavy atom. The molecule has 1 aromatic carbocycles. The summed E-state index contributed by atoms with van der Waals surface area (Å²) in [6.45, 7) is 1.91. The molecule has 0 amide bonds. The van der Waals surface area contributed by atoms with Crippen LogP contribution < -0.4 is 11.5 Å². The molecule has 0 saturated heterocycles. The lowest BCUT2D eigenvalue weighted by atomic mass is 9.91. The third kappa shape index (κ3) is 1.75. The first-order valence-corrected chi connectivity index (χ1v) is 5.02. The van der Waals surface area contributed by atoms with Crippen molar-refractivity contribution in [1.29, 1.82) is 0 Å². The van der Waals surface area contributed by atoms with E-state index in [1.165, 1.54) is 0 Å². The molecule has 86 valence electrons. The molecule has 0 aromatic heterocycles. The van der Waals surface area contributed by atoms with Crippen molar-refractivity contribution in [2.75, 3.05) is 12.3 Å². The zero-order chi connectivity index (χ0) is 11.8. The number of benzene rings is 1. The lowest BCUT2D eigenvalue weighted by Crippen LogP contribution is -2.45. The normalized spacial score (nSPS) is 29.9. The smallest absolute Gasteiger partial charge is 0.184 e. The number of nitrogen functional groups attached to an aromatic ring is 1. The molecule has 1 aliphatic rings. The number of aliphatic hydroxyl groups excluding tert-OH is 1. The number of hydrogen-bond donors (Lipinski definition) is 3. The van der Waals surface area contributed by atoms with Crippen LogP contribution in [0.1, 0.15) is 12.5 Å². The number of nitrogens with zero attached hydrogens (tertiary/aromatic N) is 1. The molecular weight excluding hydrogens is 206 g/mol. The largest absolute Gasteiger partial charge is 0.399 e. The van der Waals surface area contributed by atoms with Crippen molar-refractivity contribution in [2.45, 2.75) is 18.8 Å². The lowest BCUT2D eigenvalue weighted by molar-refractivity contribution is -0.137. The summed E-state index contributed by atoms with van der Waals surface area (Å²) < 4.78 is 5.16.